The van der Waals surface area contributed by atoms with Crippen LogP contribution in [0.4, 0.5) is 0 Å². The fourth-order valence-corrected chi connectivity index (χ4v) is 4.08. The summed E-state index contributed by atoms with van der Waals surface area (Å²) in [6, 6.07) is 6.52. The Kier molecular flexibility index (Phi) is 5.46. The van der Waals surface area contributed by atoms with Crippen LogP contribution in [0.15, 0.2) is 33.9 Å². The van der Waals surface area contributed by atoms with Gasteiger partial charge in [-0.1, -0.05) is 6.07 Å². The Bertz CT molecular complexity index is 763. The van der Waals surface area contributed by atoms with Gasteiger partial charge in [-0.15, -0.1) is 22.7 Å². The Balaban J connectivity index is 1.78. The summed E-state index contributed by atoms with van der Waals surface area (Å²) in [5, 5.41) is 9.48. The van der Waals surface area contributed by atoms with Gasteiger partial charge in [0.1, 0.15) is 4.21 Å². The molecule has 0 spiro atoms. The molecule has 0 aliphatic carbocycles. The molecule has 0 radical (unpaired) electrons. The fraction of sp³-hybridized carbons (Fsp3) is 0.231. The normalized spacial score (nSPS) is 11.3. The Labute approximate surface area is 136 Å². The summed E-state index contributed by atoms with van der Waals surface area (Å²) in [7, 11) is -3.70. The monoisotopic (exact) mass is 358 g/mol. The minimum absolute atomic E-state index is 0.0576. The molecule has 2 aromatic heterocycles. The Hall–Kier alpha value is -1.55. The lowest BCUT2D eigenvalue weighted by Crippen LogP contribution is -2.22. The highest BCUT2D eigenvalue weighted by Crippen LogP contribution is 2.20. The van der Waals surface area contributed by atoms with Crippen molar-refractivity contribution in [2.24, 2.45) is 5.14 Å². The van der Waals surface area contributed by atoms with Crippen molar-refractivity contribution < 1.29 is 18.0 Å². The van der Waals surface area contributed by atoms with E-state index in [0.717, 1.165) is 11.3 Å². The third-order valence-electron chi connectivity index (χ3n) is 2.75. The topological polar surface area (TPSA) is 106 Å². The second-order valence-corrected chi connectivity index (χ2v) is 8.35. The predicted octanol–water partition coefficient (Wildman–Crippen LogP) is 1.74. The van der Waals surface area contributed by atoms with Crippen molar-refractivity contribution in [3.8, 4) is 0 Å². The number of ketones is 1. The smallest absolute Gasteiger partial charge is 0.247 e. The average molecular weight is 358 g/mol. The van der Waals surface area contributed by atoms with Crippen molar-refractivity contribution >= 4 is 44.4 Å². The lowest BCUT2D eigenvalue weighted by Gasteiger charge is -2.02. The van der Waals surface area contributed by atoms with Crippen LogP contribution in [0.1, 0.15) is 27.4 Å². The van der Waals surface area contributed by atoms with Gasteiger partial charge < -0.3 is 5.32 Å². The molecule has 118 valence electrons. The SMILES string of the molecule is NS(=O)(=O)c1ccc(CNC(=O)CCC(=O)c2cccs2)s1. The van der Waals surface area contributed by atoms with E-state index in [4.69, 9.17) is 5.14 Å². The second kappa shape index (κ2) is 7.14. The van der Waals surface area contributed by atoms with Crippen molar-refractivity contribution in [1.29, 1.82) is 0 Å². The zero-order chi connectivity index (χ0) is 16.2. The van der Waals surface area contributed by atoms with Crippen molar-refractivity contribution in [2.75, 3.05) is 0 Å². The summed E-state index contributed by atoms with van der Waals surface area (Å²) < 4.78 is 22.3. The van der Waals surface area contributed by atoms with Crippen LogP contribution in [0.5, 0.6) is 0 Å². The van der Waals surface area contributed by atoms with E-state index in [1.165, 1.54) is 17.4 Å². The molecular formula is C13H14N2O4S3. The van der Waals surface area contributed by atoms with Crippen LogP contribution in [0.2, 0.25) is 0 Å². The molecule has 0 bridgehead atoms. The molecule has 0 atom stereocenters. The van der Waals surface area contributed by atoms with Crippen molar-refractivity contribution in [2.45, 2.75) is 23.6 Å². The number of rotatable bonds is 7. The lowest BCUT2D eigenvalue weighted by molar-refractivity contribution is -0.121. The molecule has 0 saturated heterocycles. The molecule has 2 heterocycles. The summed E-state index contributed by atoms with van der Waals surface area (Å²) in [6.07, 6.45) is 0.253. The van der Waals surface area contributed by atoms with E-state index < -0.39 is 10.0 Å². The van der Waals surface area contributed by atoms with E-state index in [0.29, 0.717) is 9.75 Å². The molecule has 0 aromatic carbocycles. The molecule has 6 nitrogen and oxygen atoms in total. The zero-order valence-corrected chi connectivity index (χ0v) is 13.9. The number of nitrogens with one attached hydrogen (secondary N) is 1. The number of hydrogen-bond donors (Lipinski definition) is 2. The number of amides is 1. The third kappa shape index (κ3) is 4.73. The van der Waals surface area contributed by atoms with E-state index in [1.807, 2.05) is 5.38 Å². The van der Waals surface area contributed by atoms with Crippen molar-refractivity contribution in [3.63, 3.8) is 0 Å². The molecule has 1 amide bonds. The first-order chi connectivity index (χ1) is 10.4. The second-order valence-electron chi connectivity index (χ2n) is 4.44. The Morgan fingerprint density at radius 3 is 2.55 bits per heavy atom. The van der Waals surface area contributed by atoms with Crippen LogP contribution in [0.3, 0.4) is 0 Å². The largest absolute Gasteiger partial charge is 0.351 e. The van der Waals surface area contributed by atoms with Crippen LogP contribution in [-0.2, 0) is 21.4 Å². The van der Waals surface area contributed by atoms with Gasteiger partial charge in [-0.05, 0) is 23.6 Å². The summed E-state index contributed by atoms with van der Waals surface area (Å²) >= 11 is 2.36. The molecule has 2 aromatic rings. The summed E-state index contributed by atoms with van der Waals surface area (Å²) in [6.45, 7) is 0.214. The van der Waals surface area contributed by atoms with Crippen LogP contribution < -0.4 is 10.5 Å². The maximum Gasteiger partial charge on any atom is 0.247 e. The van der Waals surface area contributed by atoms with Gasteiger partial charge in [-0.2, -0.15) is 0 Å². The predicted molar refractivity (Wildman–Crippen MR) is 85.4 cm³/mol. The maximum absolute atomic E-state index is 11.8. The van der Waals surface area contributed by atoms with E-state index >= 15 is 0 Å². The van der Waals surface area contributed by atoms with Crippen LogP contribution in [-0.4, -0.2) is 20.1 Å². The molecule has 0 aliphatic heterocycles. The first kappa shape index (κ1) is 16.8. The van der Waals surface area contributed by atoms with E-state index in [2.05, 4.69) is 5.32 Å². The molecule has 0 unspecified atom stereocenters. The molecule has 9 heteroatoms. The minimum Gasteiger partial charge on any atom is -0.351 e. The quantitative estimate of drug-likeness (QED) is 0.735. The fourth-order valence-electron chi connectivity index (χ4n) is 1.67. The Morgan fingerprint density at radius 1 is 1.18 bits per heavy atom. The van der Waals surface area contributed by atoms with Crippen LogP contribution >= 0.6 is 22.7 Å². The highest BCUT2D eigenvalue weighted by atomic mass is 32.2. The number of Topliss-reactive ketones (excluding diaryl/α,β-unsaturated/α-hetero) is 1. The molecule has 0 fully saturated rings. The number of hydrogen-bond acceptors (Lipinski definition) is 6. The molecule has 22 heavy (non-hydrogen) atoms. The minimum atomic E-state index is -3.70. The van der Waals surface area contributed by atoms with E-state index in [-0.39, 0.29) is 35.3 Å². The number of primary sulfonamides is 1. The number of sulfonamides is 1. The molecular weight excluding hydrogens is 344 g/mol. The van der Waals surface area contributed by atoms with Gasteiger partial charge in [0, 0.05) is 17.7 Å². The van der Waals surface area contributed by atoms with Gasteiger partial charge in [0.15, 0.2) is 5.78 Å². The first-order valence-electron chi connectivity index (χ1n) is 6.31. The van der Waals surface area contributed by atoms with Gasteiger partial charge in [0.25, 0.3) is 0 Å². The highest BCUT2D eigenvalue weighted by molar-refractivity contribution is 7.91. The van der Waals surface area contributed by atoms with Gasteiger partial charge in [-0.25, -0.2) is 13.6 Å². The number of carbonyl (C=O) groups is 2. The molecule has 2 rings (SSSR count). The van der Waals surface area contributed by atoms with Crippen molar-refractivity contribution in [1.82, 2.24) is 5.32 Å². The third-order valence-corrected chi connectivity index (χ3v) is 6.19. The standard InChI is InChI=1S/C13H14N2O4S3/c14-22(18,19)13-6-3-9(21-13)8-15-12(17)5-4-10(16)11-2-1-7-20-11/h1-3,6-7H,4-5,8H2,(H,15,17)(H2,14,18,19). The van der Waals surface area contributed by atoms with Gasteiger partial charge in [-0.3, -0.25) is 9.59 Å². The maximum atomic E-state index is 11.8. The average Bonchev–Trinajstić information content (AvgIpc) is 3.12. The zero-order valence-electron chi connectivity index (χ0n) is 11.4. The van der Waals surface area contributed by atoms with E-state index in [9.17, 15) is 18.0 Å². The Morgan fingerprint density at radius 2 is 1.95 bits per heavy atom. The summed E-state index contributed by atoms with van der Waals surface area (Å²) in [5.41, 5.74) is 0. The van der Waals surface area contributed by atoms with Crippen molar-refractivity contribution in [3.05, 3.63) is 39.4 Å². The molecule has 0 saturated carbocycles. The summed E-state index contributed by atoms with van der Waals surface area (Å²) in [4.78, 5) is 24.8. The van der Waals surface area contributed by atoms with Gasteiger partial charge in [0.05, 0.1) is 11.4 Å². The van der Waals surface area contributed by atoms with Gasteiger partial charge in [0.2, 0.25) is 15.9 Å². The number of thiophene rings is 2. The van der Waals surface area contributed by atoms with E-state index in [1.54, 1.807) is 18.2 Å². The molecule has 3 N–H and O–H groups in total. The summed E-state index contributed by atoms with van der Waals surface area (Å²) in [5.74, 6) is -0.312. The highest BCUT2D eigenvalue weighted by Gasteiger charge is 2.13. The van der Waals surface area contributed by atoms with Crippen LogP contribution in [0, 0.1) is 0 Å². The van der Waals surface area contributed by atoms with Crippen LogP contribution in [0.25, 0.3) is 0 Å². The lowest BCUT2D eigenvalue weighted by atomic mass is 10.2. The van der Waals surface area contributed by atoms with Gasteiger partial charge >= 0.3 is 0 Å². The first-order valence-corrected chi connectivity index (χ1v) is 9.55. The number of nitrogens with two attached hydrogens (primary N) is 1. The number of carbonyl (C=O) groups excluding carboxylic acids is 2. The molecule has 0 aliphatic rings.